The van der Waals surface area contributed by atoms with Crippen LogP contribution in [0.25, 0.3) is 11.4 Å². The summed E-state index contributed by atoms with van der Waals surface area (Å²) in [4.78, 5) is 14.6. The van der Waals surface area contributed by atoms with E-state index in [1.165, 1.54) is 10.6 Å². The second kappa shape index (κ2) is 6.92. The minimum absolute atomic E-state index is 0.0647. The molecule has 0 saturated carbocycles. The molecular formula is C15H15ClN6O2S. The van der Waals surface area contributed by atoms with Gasteiger partial charge in [-0.15, -0.1) is 0 Å². The van der Waals surface area contributed by atoms with Gasteiger partial charge in [-0.25, -0.2) is 8.42 Å². The minimum atomic E-state index is -3.20. The number of aromatic nitrogens is 3. The molecule has 25 heavy (non-hydrogen) atoms. The molecule has 1 aromatic heterocycles. The summed E-state index contributed by atoms with van der Waals surface area (Å²) < 4.78 is 24.6. The molecule has 0 bridgehead atoms. The molecule has 2 heterocycles. The van der Waals surface area contributed by atoms with Crippen molar-refractivity contribution in [3.8, 4) is 17.5 Å². The van der Waals surface area contributed by atoms with E-state index in [1.807, 2.05) is 4.90 Å². The van der Waals surface area contributed by atoms with Crippen molar-refractivity contribution in [3.05, 3.63) is 35.1 Å². The van der Waals surface area contributed by atoms with Crippen molar-refractivity contribution in [2.75, 3.05) is 37.3 Å². The molecule has 1 saturated heterocycles. The number of nitriles is 1. The lowest BCUT2D eigenvalue weighted by Crippen LogP contribution is -2.48. The van der Waals surface area contributed by atoms with Crippen LogP contribution in [0.3, 0.4) is 0 Å². The zero-order valence-corrected chi connectivity index (χ0v) is 15.0. The summed E-state index contributed by atoms with van der Waals surface area (Å²) in [6.07, 6.45) is 1.20. The van der Waals surface area contributed by atoms with E-state index in [1.54, 1.807) is 24.3 Å². The zero-order valence-electron chi connectivity index (χ0n) is 13.4. The smallest absolute Gasteiger partial charge is 0.230 e. The van der Waals surface area contributed by atoms with Gasteiger partial charge < -0.3 is 4.90 Å². The molecule has 0 radical (unpaired) electrons. The number of halogens is 1. The van der Waals surface area contributed by atoms with Crippen molar-refractivity contribution in [2.45, 2.75) is 0 Å². The van der Waals surface area contributed by atoms with Gasteiger partial charge in [-0.1, -0.05) is 0 Å². The van der Waals surface area contributed by atoms with Crippen molar-refractivity contribution >= 4 is 27.6 Å². The predicted octanol–water partition coefficient (Wildman–Crippen LogP) is 1.15. The third-order valence-corrected chi connectivity index (χ3v) is 5.33. The van der Waals surface area contributed by atoms with E-state index in [-0.39, 0.29) is 5.28 Å². The summed E-state index contributed by atoms with van der Waals surface area (Å²) in [6.45, 7) is 1.68. The normalized spacial score (nSPS) is 15.8. The minimum Gasteiger partial charge on any atom is -0.338 e. The Kier molecular flexibility index (Phi) is 4.85. The molecule has 0 spiro atoms. The summed E-state index contributed by atoms with van der Waals surface area (Å²) >= 11 is 6.03. The fourth-order valence-electron chi connectivity index (χ4n) is 2.52. The Bertz CT molecular complexity index is 918. The van der Waals surface area contributed by atoms with Crippen molar-refractivity contribution in [1.82, 2.24) is 19.3 Å². The van der Waals surface area contributed by atoms with Crippen molar-refractivity contribution in [3.63, 3.8) is 0 Å². The van der Waals surface area contributed by atoms with Crippen LogP contribution in [0.5, 0.6) is 0 Å². The van der Waals surface area contributed by atoms with Gasteiger partial charge in [-0.05, 0) is 35.9 Å². The van der Waals surface area contributed by atoms with Crippen LogP contribution in [0.2, 0.25) is 5.28 Å². The average Bonchev–Trinajstić information content (AvgIpc) is 2.60. The first-order chi connectivity index (χ1) is 11.9. The Labute approximate surface area is 150 Å². The summed E-state index contributed by atoms with van der Waals surface area (Å²) in [5, 5.41) is 8.94. The number of anilines is 1. The lowest BCUT2D eigenvalue weighted by Gasteiger charge is -2.33. The second-order valence-electron chi connectivity index (χ2n) is 5.57. The van der Waals surface area contributed by atoms with Gasteiger partial charge in [-0.3, -0.25) is 0 Å². The van der Waals surface area contributed by atoms with Gasteiger partial charge >= 0.3 is 0 Å². The molecule has 1 aliphatic rings. The quantitative estimate of drug-likeness (QED) is 0.788. The van der Waals surface area contributed by atoms with E-state index < -0.39 is 10.0 Å². The fraction of sp³-hybridized carbons (Fsp3) is 0.333. The topological polar surface area (TPSA) is 103 Å². The van der Waals surface area contributed by atoms with Crippen LogP contribution in [0, 0.1) is 11.3 Å². The van der Waals surface area contributed by atoms with E-state index >= 15 is 0 Å². The van der Waals surface area contributed by atoms with Crippen LogP contribution in [-0.4, -0.2) is 60.1 Å². The zero-order chi connectivity index (χ0) is 18.0. The second-order valence-corrected chi connectivity index (χ2v) is 7.89. The SMILES string of the molecule is CS(=O)(=O)N1CCN(c2nc(Cl)nc(-c3ccc(C#N)cc3)n2)CC1. The predicted molar refractivity (Wildman–Crippen MR) is 93.6 cm³/mol. The van der Waals surface area contributed by atoms with Gasteiger partial charge in [0.1, 0.15) is 0 Å². The Hall–Kier alpha value is -2.28. The molecule has 2 aromatic rings. The number of benzene rings is 1. The number of nitrogens with zero attached hydrogens (tertiary/aromatic N) is 6. The number of rotatable bonds is 3. The summed E-state index contributed by atoms with van der Waals surface area (Å²) in [5.41, 5.74) is 1.26. The first-order valence-electron chi connectivity index (χ1n) is 7.49. The molecular weight excluding hydrogens is 364 g/mol. The maximum atomic E-state index is 11.6. The lowest BCUT2D eigenvalue weighted by atomic mass is 10.1. The van der Waals surface area contributed by atoms with E-state index in [2.05, 4.69) is 21.0 Å². The summed E-state index contributed by atoms with van der Waals surface area (Å²) in [6, 6.07) is 8.90. The monoisotopic (exact) mass is 378 g/mol. The number of sulfonamides is 1. The molecule has 130 valence electrons. The van der Waals surface area contributed by atoms with Crippen molar-refractivity contribution < 1.29 is 8.42 Å². The molecule has 1 aliphatic heterocycles. The van der Waals surface area contributed by atoms with Crippen molar-refractivity contribution in [2.24, 2.45) is 0 Å². The van der Waals surface area contributed by atoms with Crippen LogP contribution >= 0.6 is 11.6 Å². The van der Waals surface area contributed by atoms with E-state index in [0.717, 1.165) is 5.56 Å². The van der Waals surface area contributed by atoms with Gasteiger partial charge in [0, 0.05) is 31.7 Å². The van der Waals surface area contributed by atoms with Gasteiger partial charge in [-0.2, -0.15) is 24.5 Å². The van der Waals surface area contributed by atoms with Gasteiger partial charge in [0.05, 0.1) is 17.9 Å². The lowest BCUT2D eigenvalue weighted by molar-refractivity contribution is 0.385. The van der Waals surface area contributed by atoms with Crippen LogP contribution < -0.4 is 4.90 Å². The van der Waals surface area contributed by atoms with Crippen LogP contribution in [0.15, 0.2) is 24.3 Å². The third-order valence-electron chi connectivity index (χ3n) is 3.86. The summed E-state index contributed by atoms with van der Waals surface area (Å²) in [7, 11) is -3.20. The Morgan fingerprint density at radius 2 is 1.72 bits per heavy atom. The summed E-state index contributed by atoms with van der Waals surface area (Å²) in [5.74, 6) is 0.817. The maximum Gasteiger partial charge on any atom is 0.230 e. The molecule has 8 nitrogen and oxygen atoms in total. The fourth-order valence-corrected chi connectivity index (χ4v) is 3.51. The molecule has 1 aromatic carbocycles. The number of hydrogen-bond donors (Lipinski definition) is 0. The third kappa shape index (κ3) is 4.04. The molecule has 1 fully saturated rings. The van der Waals surface area contributed by atoms with E-state index in [4.69, 9.17) is 16.9 Å². The molecule has 10 heteroatoms. The molecule has 0 amide bonds. The van der Waals surface area contributed by atoms with E-state index in [9.17, 15) is 8.42 Å². The number of piperazine rings is 1. The highest BCUT2D eigenvalue weighted by molar-refractivity contribution is 7.88. The standard InChI is InChI=1S/C15H15ClN6O2S/c1-25(23,24)22-8-6-21(7-9-22)15-19-13(18-14(16)20-15)12-4-2-11(10-17)3-5-12/h2-5H,6-9H2,1H3. The van der Waals surface area contributed by atoms with Gasteiger partial charge in [0.25, 0.3) is 0 Å². The van der Waals surface area contributed by atoms with Crippen LogP contribution in [0.1, 0.15) is 5.56 Å². The van der Waals surface area contributed by atoms with Gasteiger partial charge in [0.2, 0.25) is 21.3 Å². The first kappa shape index (κ1) is 17.5. The van der Waals surface area contributed by atoms with Crippen LogP contribution in [-0.2, 0) is 10.0 Å². The first-order valence-corrected chi connectivity index (χ1v) is 9.71. The van der Waals surface area contributed by atoms with Crippen molar-refractivity contribution in [1.29, 1.82) is 5.26 Å². The molecule has 0 unspecified atom stereocenters. The molecule has 0 atom stereocenters. The Morgan fingerprint density at radius 3 is 2.28 bits per heavy atom. The highest BCUT2D eigenvalue weighted by atomic mass is 35.5. The highest BCUT2D eigenvalue weighted by Gasteiger charge is 2.25. The Morgan fingerprint density at radius 1 is 1.08 bits per heavy atom. The molecule has 0 aliphatic carbocycles. The maximum absolute atomic E-state index is 11.6. The highest BCUT2D eigenvalue weighted by Crippen LogP contribution is 2.21. The molecule has 3 rings (SSSR count). The van der Waals surface area contributed by atoms with E-state index in [0.29, 0.717) is 43.5 Å². The van der Waals surface area contributed by atoms with Gasteiger partial charge in [0.15, 0.2) is 5.82 Å². The van der Waals surface area contributed by atoms with Crippen LogP contribution in [0.4, 0.5) is 5.95 Å². The largest absolute Gasteiger partial charge is 0.338 e. The molecule has 0 N–H and O–H groups in total. The number of hydrogen-bond acceptors (Lipinski definition) is 7. The average molecular weight is 379 g/mol. The Balaban J connectivity index is 1.84.